The van der Waals surface area contributed by atoms with Crippen LogP contribution in [0.5, 0.6) is 5.75 Å². The minimum Gasteiger partial charge on any atom is -0.493 e. The topological polar surface area (TPSA) is 48.4 Å². The second-order valence-corrected chi connectivity index (χ2v) is 5.58. The number of nitrogens with two attached hydrogens (primary N) is 1. The maximum Gasteiger partial charge on any atom is 0.173 e. The van der Waals surface area contributed by atoms with E-state index in [0.717, 1.165) is 35.4 Å². The van der Waals surface area contributed by atoms with Crippen LogP contribution in [-0.4, -0.2) is 6.61 Å². The minimum absolute atomic E-state index is 0.0238. The van der Waals surface area contributed by atoms with E-state index in [0.29, 0.717) is 5.92 Å². The van der Waals surface area contributed by atoms with Crippen molar-refractivity contribution in [3.8, 4) is 5.75 Å². The van der Waals surface area contributed by atoms with E-state index in [-0.39, 0.29) is 6.04 Å². The Balaban J connectivity index is 1.80. The lowest BCUT2D eigenvalue weighted by molar-refractivity contribution is 0.259. The number of hydrogen-bond donors (Lipinski definition) is 1. The molecular weight excluding hydrogens is 306 g/mol. The third-order valence-electron chi connectivity index (χ3n) is 3.67. The van der Waals surface area contributed by atoms with Gasteiger partial charge in [-0.1, -0.05) is 18.2 Å². The Bertz CT molecular complexity index is 567. The molecule has 0 saturated carbocycles. The quantitative estimate of drug-likeness (QED) is 0.929. The molecule has 2 atom stereocenters. The number of halogens is 1. The van der Waals surface area contributed by atoms with Gasteiger partial charge in [-0.3, -0.25) is 0 Å². The van der Waals surface area contributed by atoms with E-state index in [4.69, 9.17) is 14.9 Å². The molecule has 0 saturated heterocycles. The molecule has 1 aliphatic heterocycles. The van der Waals surface area contributed by atoms with Crippen LogP contribution in [0.15, 0.2) is 45.7 Å². The van der Waals surface area contributed by atoms with Crippen molar-refractivity contribution in [3.63, 3.8) is 0 Å². The van der Waals surface area contributed by atoms with Crippen molar-refractivity contribution in [3.05, 3.63) is 52.4 Å². The molecule has 100 valence electrons. The highest BCUT2D eigenvalue weighted by Gasteiger charge is 2.24. The van der Waals surface area contributed by atoms with Crippen molar-refractivity contribution in [1.82, 2.24) is 0 Å². The van der Waals surface area contributed by atoms with E-state index >= 15 is 0 Å². The van der Waals surface area contributed by atoms with Crippen LogP contribution >= 0.6 is 15.9 Å². The fourth-order valence-electron chi connectivity index (χ4n) is 2.66. The highest BCUT2D eigenvalue weighted by atomic mass is 79.9. The van der Waals surface area contributed by atoms with Crippen molar-refractivity contribution < 1.29 is 9.15 Å². The van der Waals surface area contributed by atoms with Gasteiger partial charge in [0.1, 0.15) is 5.75 Å². The molecule has 0 aliphatic carbocycles. The number of rotatable bonds is 3. The summed E-state index contributed by atoms with van der Waals surface area (Å²) in [5.74, 6) is 1.44. The first-order valence-electron chi connectivity index (χ1n) is 6.46. The van der Waals surface area contributed by atoms with Gasteiger partial charge in [0.15, 0.2) is 4.67 Å². The van der Waals surface area contributed by atoms with Gasteiger partial charge in [0, 0.05) is 11.6 Å². The first-order valence-corrected chi connectivity index (χ1v) is 7.25. The molecule has 19 heavy (non-hydrogen) atoms. The third kappa shape index (κ3) is 2.55. The van der Waals surface area contributed by atoms with Gasteiger partial charge in [-0.05, 0) is 52.4 Å². The number of furan rings is 1. The van der Waals surface area contributed by atoms with Crippen molar-refractivity contribution >= 4 is 15.9 Å². The molecule has 4 heteroatoms. The van der Waals surface area contributed by atoms with E-state index in [9.17, 15) is 0 Å². The molecule has 3 rings (SSSR count). The van der Waals surface area contributed by atoms with Gasteiger partial charge in [-0.2, -0.15) is 0 Å². The monoisotopic (exact) mass is 321 g/mol. The summed E-state index contributed by atoms with van der Waals surface area (Å²) in [5, 5.41) is 0. The Morgan fingerprint density at radius 2 is 2.16 bits per heavy atom. The number of para-hydroxylation sites is 1. The summed E-state index contributed by atoms with van der Waals surface area (Å²) in [5.41, 5.74) is 8.60. The van der Waals surface area contributed by atoms with Gasteiger partial charge in [-0.15, -0.1) is 0 Å². The van der Waals surface area contributed by atoms with E-state index in [1.807, 2.05) is 18.2 Å². The Kier molecular flexibility index (Phi) is 3.62. The highest BCUT2D eigenvalue weighted by molar-refractivity contribution is 9.10. The molecular formula is C15H16BrNO2. The summed E-state index contributed by atoms with van der Waals surface area (Å²) in [6.07, 6.45) is 3.58. The van der Waals surface area contributed by atoms with Gasteiger partial charge in [0.05, 0.1) is 12.9 Å². The fourth-order valence-corrected chi connectivity index (χ4v) is 3.20. The molecule has 0 radical (unpaired) electrons. The zero-order chi connectivity index (χ0) is 13.2. The van der Waals surface area contributed by atoms with Gasteiger partial charge in [-0.25, -0.2) is 0 Å². The molecule has 0 fully saturated rings. The van der Waals surface area contributed by atoms with Crippen molar-refractivity contribution in [2.24, 2.45) is 5.73 Å². The lowest BCUT2D eigenvalue weighted by atomic mass is 9.86. The van der Waals surface area contributed by atoms with Crippen LogP contribution < -0.4 is 10.5 Å². The van der Waals surface area contributed by atoms with Gasteiger partial charge < -0.3 is 14.9 Å². The van der Waals surface area contributed by atoms with E-state index in [2.05, 4.69) is 28.1 Å². The molecule has 2 unspecified atom stereocenters. The highest BCUT2D eigenvalue weighted by Crippen LogP contribution is 2.39. The van der Waals surface area contributed by atoms with Crippen molar-refractivity contribution in [1.29, 1.82) is 0 Å². The Labute approximate surface area is 120 Å². The predicted molar refractivity (Wildman–Crippen MR) is 77.2 cm³/mol. The summed E-state index contributed by atoms with van der Waals surface area (Å²) >= 11 is 3.39. The molecule has 2 heterocycles. The largest absolute Gasteiger partial charge is 0.493 e. The summed E-state index contributed by atoms with van der Waals surface area (Å²) in [7, 11) is 0. The average Bonchev–Trinajstić information content (AvgIpc) is 2.85. The first kappa shape index (κ1) is 12.8. The van der Waals surface area contributed by atoms with E-state index < -0.39 is 0 Å². The number of hydrogen-bond acceptors (Lipinski definition) is 3. The summed E-state index contributed by atoms with van der Waals surface area (Å²) in [6, 6.07) is 10.1. The predicted octanol–water partition coefficient (Wildman–Crippen LogP) is 4.00. The standard InChI is InChI=1S/C15H16BrNO2/c16-15-12(6-8-19-15)13(17)9-10-5-7-18-14-4-2-1-3-11(10)14/h1-4,6,8,10,13H,5,7,9,17H2. The summed E-state index contributed by atoms with van der Waals surface area (Å²) < 4.78 is 11.7. The fraction of sp³-hybridized carbons (Fsp3) is 0.333. The number of ether oxygens (including phenoxy) is 1. The molecule has 0 bridgehead atoms. The Morgan fingerprint density at radius 1 is 1.32 bits per heavy atom. The van der Waals surface area contributed by atoms with Crippen LogP contribution in [0, 0.1) is 0 Å². The zero-order valence-electron chi connectivity index (χ0n) is 10.5. The molecule has 1 aliphatic rings. The van der Waals surface area contributed by atoms with Gasteiger partial charge in [0.2, 0.25) is 0 Å². The lowest BCUT2D eigenvalue weighted by Gasteiger charge is -2.27. The molecule has 3 nitrogen and oxygen atoms in total. The smallest absolute Gasteiger partial charge is 0.173 e. The zero-order valence-corrected chi connectivity index (χ0v) is 12.1. The van der Waals surface area contributed by atoms with E-state index in [1.165, 1.54) is 5.56 Å². The second-order valence-electron chi connectivity index (χ2n) is 4.86. The normalized spacial score (nSPS) is 19.6. The third-order valence-corrected chi connectivity index (χ3v) is 4.31. The Morgan fingerprint density at radius 3 is 2.95 bits per heavy atom. The Hall–Kier alpha value is -1.26. The van der Waals surface area contributed by atoms with Crippen LogP contribution in [-0.2, 0) is 0 Å². The van der Waals surface area contributed by atoms with Crippen LogP contribution in [0.2, 0.25) is 0 Å². The summed E-state index contributed by atoms with van der Waals surface area (Å²) in [4.78, 5) is 0. The van der Waals surface area contributed by atoms with Crippen LogP contribution in [0.1, 0.15) is 35.9 Å². The molecule has 0 spiro atoms. The number of benzene rings is 1. The minimum atomic E-state index is -0.0238. The molecule has 1 aromatic carbocycles. The van der Waals surface area contributed by atoms with Gasteiger partial charge in [0.25, 0.3) is 0 Å². The van der Waals surface area contributed by atoms with E-state index in [1.54, 1.807) is 6.26 Å². The molecule has 1 aromatic heterocycles. The van der Waals surface area contributed by atoms with Crippen molar-refractivity contribution in [2.45, 2.75) is 24.8 Å². The lowest BCUT2D eigenvalue weighted by Crippen LogP contribution is -2.20. The molecule has 2 aromatic rings. The maximum atomic E-state index is 6.30. The second kappa shape index (κ2) is 5.39. The average molecular weight is 322 g/mol. The van der Waals surface area contributed by atoms with Crippen LogP contribution in [0.25, 0.3) is 0 Å². The SMILES string of the molecule is NC(CC1CCOc2ccccc21)c1ccoc1Br. The first-order chi connectivity index (χ1) is 9.25. The molecule has 0 amide bonds. The number of fused-ring (bicyclic) bond motifs is 1. The summed E-state index contributed by atoms with van der Waals surface area (Å²) in [6.45, 7) is 0.765. The maximum absolute atomic E-state index is 6.30. The van der Waals surface area contributed by atoms with Crippen molar-refractivity contribution in [2.75, 3.05) is 6.61 Å². The van der Waals surface area contributed by atoms with Gasteiger partial charge >= 0.3 is 0 Å². The van der Waals surface area contributed by atoms with Crippen LogP contribution in [0.4, 0.5) is 0 Å². The molecule has 2 N–H and O–H groups in total. The van der Waals surface area contributed by atoms with Crippen LogP contribution in [0.3, 0.4) is 0 Å².